The third-order valence-corrected chi connectivity index (χ3v) is 4.56. The first-order valence-corrected chi connectivity index (χ1v) is 8.50. The first-order chi connectivity index (χ1) is 10.8. The van der Waals surface area contributed by atoms with E-state index in [2.05, 4.69) is 19.1 Å². The number of benzene rings is 1. The van der Waals surface area contributed by atoms with Crippen LogP contribution in [0.4, 0.5) is 0 Å². The molecular formula is C18H25NO3S. The molecule has 1 heterocycles. The molecule has 1 aromatic carbocycles. The summed E-state index contributed by atoms with van der Waals surface area (Å²) in [5.41, 5.74) is 4.55. The van der Waals surface area contributed by atoms with Gasteiger partial charge in [0.05, 0.1) is 12.5 Å². The minimum atomic E-state index is -0.628. The Morgan fingerprint density at radius 1 is 1.39 bits per heavy atom. The number of carbonyl (C=O) groups is 1. The van der Waals surface area contributed by atoms with Crippen molar-refractivity contribution in [3.8, 4) is 0 Å². The topological polar surface area (TPSA) is 49.8 Å². The van der Waals surface area contributed by atoms with E-state index >= 15 is 0 Å². The smallest absolute Gasteiger partial charge is 0.266 e. The van der Waals surface area contributed by atoms with Gasteiger partial charge in [-0.05, 0) is 56.1 Å². The second-order valence-corrected chi connectivity index (χ2v) is 6.66. The van der Waals surface area contributed by atoms with Crippen LogP contribution in [0.2, 0.25) is 0 Å². The molecule has 1 fully saturated rings. The lowest BCUT2D eigenvalue weighted by atomic mass is 9.93. The lowest BCUT2D eigenvalue weighted by Gasteiger charge is -2.25. The predicted octanol–water partition coefficient (Wildman–Crippen LogP) is 3.35. The van der Waals surface area contributed by atoms with Crippen molar-refractivity contribution < 1.29 is 14.6 Å². The molecule has 1 saturated heterocycles. The van der Waals surface area contributed by atoms with Gasteiger partial charge in [0.15, 0.2) is 0 Å². The van der Waals surface area contributed by atoms with Gasteiger partial charge in [-0.15, -0.1) is 0 Å². The van der Waals surface area contributed by atoms with Gasteiger partial charge in [-0.1, -0.05) is 31.0 Å². The van der Waals surface area contributed by atoms with Crippen LogP contribution in [0.15, 0.2) is 12.1 Å². The Bertz CT molecular complexity index is 591. The van der Waals surface area contributed by atoms with E-state index in [0.29, 0.717) is 13.0 Å². The van der Waals surface area contributed by atoms with Crippen LogP contribution in [0, 0.1) is 20.8 Å². The monoisotopic (exact) mass is 335 g/mol. The normalized spacial score (nSPS) is 18.9. The van der Waals surface area contributed by atoms with Gasteiger partial charge < -0.3 is 9.84 Å². The number of aryl methyl sites for hydroxylation is 3. The number of aliphatic hydroxyl groups excluding tert-OH is 1. The van der Waals surface area contributed by atoms with Crippen LogP contribution in [0.3, 0.4) is 0 Å². The number of rotatable bonds is 5. The molecule has 0 spiro atoms. The van der Waals surface area contributed by atoms with Gasteiger partial charge >= 0.3 is 0 Å². The summed E-state index contributed by atoms with van der Waals surface area (Å²) in [6.07, 6.45) is 0.907. The van der Waals surface area contributed by atoms with E-state index in [1.807, 2.05) is 20.8 Å². The zero-order valence-electron chi connectivity index (χ0n) is 14.3. The van der Waals surface area contributed by atoms with E-state index in [1.165, 1.54) is 5.56 Å². The highest BCUT2D eigenvalue weighted by Crippen LogP contribution is 2.33. The molecule has 1 aliphatic heterocycles. The van der Waals surface area contributed by atoms with E-state index in [1.54, 1.807) is 4.90 Å². The van der Waals surface area contributed by atoms with Crippen molar-refractivity contribution in [3.05, 3.63) is 34.4 Å². The van der Waals surface area contributed by atoms with Gasteiger partial charge in [0.2, 0.25) is 5.91 Å². The molecule has 23 heavy (non-hydrogen) atoms. The van der Waals surface area contributed by atoms with Crippen molar-refractivity contribution in [2.45, 2.75) is 59.1 Å². The molecule has 5 heteroatoms. The van der Waals surface area contributed by atoms with E-state index in [4.69, 9.17) is 17.0 Å². The fourth-order valence-electron chi connectivity index (χ4n) is 3.36. The fourth-order valence-corrected chi connectivity index (χ4v) is 3.66. The molecule has 0 aliphatic carbocycles. The first kappa shape index (κ1) is 17.9. The number of hydrogen-bond acceptors (Lipinski definition) is 4. The fraction of sp³-hybridized carbons (Fsp3) is 0.556. The maximum absolute atomic E-state index is 12.6. The molecule has 0 bridgehead atoms. The SMILES string of the molecule is CCC[C@@H](O)CC(=O)N1C(=S)OC[C@H]1c1c(C)cc(C)cc1C. The third kappa shape index (κ3) is 3.90. The van der Waals surface area contributed by atoms with Crippen LogP contribution >= 0.6 is 12.2 Å². The van der Waals surface area contributed by atoms with E-state index in [-0.39, 0.29) is 23.5 Å². The molecule has 0 aromatic heterocycles. The number of thiocarbonyl (C=S) groups is 1. The minimum Gasteiger partial charge on any atom is -0.468 e. The minimum absolute atomic E-state index is 0.0811. The van der Waals surface area contributed by atoms with Crippen LogP contribution in [-0.4, -0.2) is 33.8 Å². The van der Waals surface area contributed by atoms with Crippen molar-refractivity contribution in [2.24, 2.45) is 0 Å². The summed E-state index contributed by atoms with van der Waals surface area (Å²) in [4.78, 5) is 14.2. The number of nitrogens with zero attached hydrogens (tertiary/aromatic N) is 1. The molecule has 4 nitrogen and oxygen atoms in total. The Labute approximate surface area is 143 Å². The Kier molecular flexibility index (Phi) is 5.76. The van der Waals surface area contributed by atoms with Crippen LogP contribution in [0.5, 0.6) is 0 Å². The maximum Gasteiger partial charge on any atom is 0.266 e. The van der Waals surface area contributed by atoms with Crippen LogP contribution in [0.25, 0.3) is 0 Å². The van der Waals surface area contributed by atoms with E-state index < -0.39 is 6.10 Å². The lowest BCUT2D eigenvalue weighted by Crippen LogP contribution is -2.36. The molecule has 0 saturated carbocycles. The summed E-state index contributed by atoms with van der Waals surface area (Å²) >= 11 is 5.22. The molecule has 2 atom stereocenters. The molecule has 1 aromatic rings. The highest BCUT2D eigenvalue weighted by Gasteiger charge is 2.38. The summed E-state index contributed by atoms with van der Waals surface area (Å²) in [6.45, 7) is 8.51. The van der Waals surface area contributed by atoms with Gasteiger partial charge in [-0.2, -0.15) is 0 Å². The van der Waals surface area contributed by atoms with Crippen LogP contribution < -0.4 is 0 Å². The highest BCUT2D eigenvalue weighted by atomic mass is 32.1. The lowest BCUT2D eigenvalue weighted by molar-refractivity contribution is -0.130. The largest absolute Gasteiger partial charge is 0.468 e. The number of amides is 1. The average Bonchev–Trinajstić information content (AvgIpc) is 2.79. The van der Waals surface area contributed by atoms with Gasteiger partial charge in [0, 0.05) is 0 Å². The molecule has 2 rings (SSSR count). The maximum atomic E-state index is 12.6. The second kappa shape index (κ2) is 7.41. The standard InChI is InChI=1S/C18H25NO3S/c1-5-6-14(20)9-16(21)19-15(10-22-18(19)23)17-12(3)7-11(2)8-13(17)4/h7-8,14-15,20H,5-6,9-10H2,1-4H3/t14-,15+/m1/s1. The third-order valence-electron chi connectivity index (χ3n) is 4.25. The molecular weight excluding hydrogens is 310 g/mol. The average molecular weight is 335 g/mol. The van der Waals surface area contributed by atoms with Crippen molar-refractivity contribution in [2.75, 3.05) is 6.61 Å². The molecule has 0 unspecified atom stereocenters. The van der Waals surface area contributed by atoms with Crippen molar-refractivity contribution >= 4 is 23.3 Å². The quantitative estimate of drug-likeness (QED) is 0.839. The number of aliphatic hydroxyl groups is 1. The number of ether oxygens (including phenoxy) is 1. The Morgan fingerprint density at radius 2 is 2.00 bits per heavy atom. The zero-order chi connectivity index (χ0) is 17.1. The second-order valence-electron chi connectivity index (χ2n) is 6.32. The highest BCUT2D eigenvalue weighted by molar-refractivity contribution is 7.80. The number of hydrogen-bond donors (Lipinski definition) is 1. The van der Waals surface area contributed by atoms with Crippen molar-refractivity contribution in [1.29, 1.82) is 0 Å². The molecule has 1 amide bonds. The van der Waals surface area contributed by atoms with Gasteiger partial charge in [-0.3, -0.25) is 9.69 Å². The van der Waals surface area contributed by atoms with Crippen LogP contribution in [-0.2, 0) is 9.53 Å². The molecule has 126 valence electrons. The zero-order valence-corrected chi connectivity index (χ0v) is 15.1. The summed E-state index contributed by atoms with van der Waals surface area (Å²) in [5.74, 6) is -0.169. The molecule has 0 radical (unpaired) electrons. The van der Waals surface area contributed by atoms with Gasteiger partial charge in [-0.25, -0.2) is 0 Å². The summed E-state index contributed by atoms with van der Waals surface area (Å²) in [5, 5.41) is 10.1. The Balaban J connectivity index is 2.28. The molecule has 1 N–H and O–H groups in total. The summed E-state index contributed by atoms with van der Waals surface area (Å²) in [6, 6.07) is 4.01. The van der Waals surface area contributed by atoms with E-state index in [9.17, 15) is 9.90 Å². The summed E-state index contributed by atoms with van der Waals surface area (Å²) < 4.78 is 5.49. The Hall–Kier alpha value is -1.46. The van der Waals surface area contributed by atoms with Crippen molar-refractivity contribution in [1.82, 2.24) is 4.90 Å². The van der Waals surface area contributed by atoms with Crippen LogP contribution in [0.1, 0.15) is 54.5 Å². The van der Waals surface area contributed by atoms with E-state index in [0.717, 1.165) is 23.1 Å². The van der Waals surface area contributed by atoms with Crippen molar-refractivity contribution in [3.63, 3.8) is 0 Å². The number of carbonyl (C=O) groups excluding carboxylic acids is 1. The first-order valence-electron chi connectivity index (χ1n) is 8.09. The van der Waals surface area contributed by atoms with Gasteiger partial charge in [0.1, 0.15) is 12.6 Å². The summed E-state index contributed by atoms with van der Waals surface area (Å²) in [7, 11) is 0. The predicted molar refractivity (Wildman–Crippen MR) is 94.3 cm³/mol. The molecule has 1 aliphatic rings. The van der Waals surface area contributed by atoms with Gasteiger partial charge in [0.25, 0.3) is 5.17 Å². The Morgan fingerprint density at radius 3 is 2.57 bits per heavy atom.